The average Bonchev–Trinajstić information content (AvgIpc) is 2.59. The Labute approximate surface area is 152 Å². The van der Waals surface area contributed by atoms with Crippen LogP contribution in [0.3, 0.4) is 0 Å². The summed E-state index contributed by atoms with van der Waals surface area (Å²) in [5, 5.41) is 3.50. The van der Waals surface area contributed by atoms with E-state index in [9.17, 15) is 9.59 Å². The number of nitrogens with zero attached hydrogens (tertiary/aromatic N) is 1. The number of hydrogen-bond donors (Lipinski definition) is 2. The minimum atomic E-state index is -0.169. The highest BCUT2D eigenvalue weighted by Gasteiger charge is 2.10. The summed E-state index contributed by atoms with van der Waals surface area (Å²) in [5.41, 5.74) is 1.87. The SMILES string of the molecule is CCCc1cc(=O)[nH]c(SCC(=O)NC(C)CCc2ccccc2)n1. The maximum absolute atomic E-state index is 12.1. The van der Waals surface area contributed by atoms with E-state index in [2.05, 4.69) is 27.4 Å². The third-order valence-electron chi connectivity index (χ3n) is 3.74. The molecule has 2 aromatic rings. The van der Waals surface area contributed by atoms with E-state index in [4.69, 9.17) is 0 Å². The topological polar surface area (TPSA) is 74.8 Å². The zero-order valence-corrected chi connectivity index (χ0v) is 15.6. The molecule has 5 nitrogen and oxygen atoms in total. The lowest BCUT2D eigenvalue weighted by Gasteiger charge is -2.13. The summed E-state index contributed by atoms with van der Waals surface area (Å²) in [6.07, 6.45) is 3.52. The van der Waals surface area contributed by atoms with Crippen LogP contribution in [0.15, 0.2) is 46.3 Å². The molecule has 2 N–H and O–H groups in total. The van der Waals surface area contributed by atoms with E-state index in [1.165, 1.54) is 23.4 Å². The third-order valence-corrected chi connectivity index (χ3v) is 4.61. The minimum Gasteiger partial charge on any atom is -0.353 e. The van der Waals surface area contributed by atoms with Gasteiger partial charge in [0.2, 0.25) is 5.91 Å². The van der Waals surface area contributed by atoms with Gasteiger partial charge in [-0.05, 0) is 31.7 Å². The van der Waals surface area contributed by atoms with Gasteiger partial charge >= 0.3 is 0 Å². The molecule has 0 aliphatic heterocycles. The molecule has 1 aromatic carbocycles. The molecule has 134 valence electrons. The Hall–Kier alpha value is -2.08. The molecule has 25 heavy (non-hydrogen) atoms. The molecule has 0 fully saturated rings. The monoisotopic (exact) mass is 359 g/mol. The van der Waals surface area contributed by atoms with Crippen molar-refractivity contribution < 1.29 is 4.79 Å². The Balaban J connectivity index is 1.77. The van der Waals surface area contributed by atoms with Gasteiger partial charge in [-0.1, -0.05) is 55.4 Å². The first-order chi connectivity index (χ1) is 12.1. The van der Waals surface area contributed by atoms with Crippen molar-refractivity contribution in [2.45, 2.75) is 50.7 Å². The quantitative estimate of drug-likeness (QED) is 0.533. The van der Waals surface area contributed by atoms with Gasteiger partial charge in [-0.15, -0.1) is 0 Å². The summed E-state index contributed by atoms with van der Waals surface area (Å²) >= 11 is 1.26. The normalized spacial score (nSPS) is 11.9. The molecule has 1 heterocycles. The van der Waals surface area contributed by atoms with E-state index in [1.807, 2.05) is 32.0 Å². The highest BCUT2D eigenvalue weighted by atomic mass is 32.2. The van der Waals surface area contributed by atoms with Crippen molar-refractivity contribution >= 4 is 17.7 Å². The van der Waals surface area contributed by atoms with Crippen LogP contribution < -0.4 is 10.9 Å². The number of aryl methyl sites for hydroxylation is 2. The van der Waals surface area contributed by atoms with Crippen LogP contribution in [0, 0.1) is 0 Å². The van der Waals surface area contributed by atoms with Crippen LogP contribution in [-0.2, 0) is 17.6 Å². The predicted molar refractivity (Wildman–Crippen MR) is 102 cm³/mol. The van der Waals surface area contributed by atoms with Gasteiger partial charge in [-0.2, -0.15) is 0 Å². The van der Waals surface area contributed by atoms with Crippen molar-refractivity contribution in [1.82, 2.24) is 15.3 Å². The van der Waals surface area contributed by atoms with Gasteiger partial charge in [-0.3, -0.25) is 9.59 Å². The number of rotatable bonds is 9. The Morgan fingerprint density at radius 3 is 2.76 bits per heavy atom. The zero-order valence-electron chi connectivity index (χ0n) is 14.7. The van der Waals surface area contributed by atoms with E-state index in [1.54, 1.807) is 0 Å². The number of H-pyrrole nitrogens is 1. The molecular weight excluding hydrogens is 334 g/mol. The van der Waals surface area contributed by atoms with E-state index < -0.39 is 0 Å². The summed E-state index contributed by atoms with van der Waals surface area (Å²) in [5.74, 6) is 0.197. The molecule has 0 radical (unpaired) electrons. The van der Waals surface area contributed by atoms with Crippen LogP contribution in [0.2, 0.25) is 0 Å². The lowest BCUT2D eigenvalue weighted by atomic mass is 10.1. The van der Waals surface area contributed by atoms with E-state index in [-0.39, 0.29) is 23.3 Å². The number of aromatic nitrogens is 2. The van der Waals surface area contributed by atoms with Crippen LogP contribution in [0.1, 0.15) is 37.9 Å². The fourth-order valence-corrected chi connectivity index (χ4v) is 3.19. The molecule has 0 saturated heterocycles. The van der Waals surface area contributed by atoms with Crippen molar-refractivity contribution in [3.05, 3.63) is 58.0 Å². The standard InChI is InChI=1S/C19H25N3O2S/c1-3-7-16-12-17(23)22-19(21-16)25-13-18(24)20-14(2)10-11-15-8-5-4-6-9-15/h4-6,8-9,12,14H,3,7,10-11,13H2,1-2H3,(H,20,24)(H,21,22,23). The molecule has 0 bridgehead atoms. The van der Waals surface area contributed by atoms with Crippen LogP contribution in [0.5, 0.6) is 0 Å². The van der Waals surface area contributed by atoms with Gasteiger partial charge in [0.15, 0.2) is 5.16 Å². The maximum atomic E-state index is 12.1. The number of nitrogens with one attached hydrogen (secondary N) is 2. The first-order valence-corrected chi connectivity index (χ1v) is 9.61. The molecule has 1 amide bonds. The highest BCUT2D eigenvalue weighted by molar-refractivity contribution is 7.99. The molecule has 1 unspecified atom stereocenters. The summed E-state index contributed by atoms with van der Waals surface area (Å²) in [7, 11) is 0. The van der Waals surface area contributed by atoms with Gasteiger partial charge in [0.05, 0.1) is 5.75 Å². The molecule has 1 aromatic heterocycles. The Morgan fingerprint density at radius 2 is 2.04 bits per heavy atom. The van der Waals surface area contributed by atoms with Crippen LogP contribution >= 0.6 is 11.8 Å². The van der Waals surface area contributed by atoms with Gasteiger partial charge in [0.25, 0.3) is 5.56 Å². The molecule has 0 saturated carbocycles. The fourth-order valence-electron chi connectivity index (χ4n) is 2.49. The molecule has 0 aliphatic carbocycles. The average molecular weight is 359 g/mol. The van der Waals surface area contributed by atoms with Crippen molar-refractivity contribution in [2.24, 2.45) is 0 Å². The smallest absolute Gasteiger partial charge is 0.251 e. The van der Waals surface area contributed by atoms with E-state index in [0.717, 1.165) is 31.4 Å². The lowest BCUT2D eigenvalue weighted by Crippen LogP contribution is -2.34. The molecule has 0 spiro atoms. The predicted octanol–water partition coefficient (Wildman–Crippen LogP) is 2.95. The number of carbonyl (C=O) groups excluding carboxylic acids is 1. The summed E-state index contributed by atoms with van der Waals surface area (Å²) < 4.78 is 0. The van der Waals surface area contributed by atoms with E-state index >= 15 is 0 Å². The van der Waals surface area contributed by atoms with E-state index in [0.29, 0.717) is 5.16 Å². The van der Waals surface area contributed by atoms with Gasteiger partial charge in [-0.25, -0.2) is 4.98 Å². The van der Waals surface area contributed by atoms with Crippen LogP contribution in [0.25, 0.3) is 0 Å². The van der Waals surface area contributed by atoms with Crippen LogP contribution in [-0.4, -0.2) is 27.7 Å². The Morgan fingerprint density at radius 1 is 1.28 bits per heavy atom. The number of hydrogen-bond acceptors (Lipinski definition) is 4. The van der Waals surface area contributed by atoms with Crippen LogP contribution in [0.4, 0.5) is 0 Å². The zero-order chi connectivity index (χ0) is 18.1. The minimum absolute atomic E-state index is 0.0471. The molecule has 0 aliphatic rings. The lowest BCUT2D eigenvalue weighted by molar-refractivity contribution is -0.119. The van der Waals surface area contributed by atoms with Crippen molar-refractivity contribution in [1.29, 1.82) is 0 Å². The van der Waals surface area contributed by atoms with Gasteiger partial charge < -0.3 is 10.3 Å². The number of benzene rings is 1. The first-order valence-electron chi connectivity index (χ1n) is 8.63. The van der Waals surface area contributed by atoms with Crippen molar-refractivity contribution in [2.75, 3.05) is 5.75 Å². The number of carbonyl (C=O) groups is 1. The summed E-state index contributed by atoms with van der Waals surface area (Å²) in [6.45, 7) is 4.05. The van der Waals surface area contributed by atoms with Crippen molar-refractivity contribution in [3.8, 4) is 0 Å². The number of thioether (sulfide) groups is 1. The van der Waals surface area contributed by atoms with Crippen molar-refractivity contribution in [3.63, 3.8) is 0 Å². The second-order valence-electron chi connectivity index (χ2n) is 6.07. The second-order valence-corrected chi connectivity index (χ2v) is 7.04. The van der Waals surface area contributed by atoms with Gasteiger partial charge in [0, 0.05) is 17.8 Å². The molecular formula is C19H25N3O2S. The largest absolute Gasteiger partial charge is 0.353 e. The fraction of sp³-hybridized carbons (Fsp3) is 0.421. The molecule has 2 rings (SSSR count). The number of aromatic amines is 1. The third kappa shape index (κ3) is 7.13. The van der Waals surface area contributed by atoms with Gasteiger partial charge in [0.1, 0.15) is 0 Å². The molecule has 6 heteroatoms. The molecule has 1 atom stereocenters. The first kappa shape index (κ1) is 19.2. The Bertz CT molecular complexity index is 731. The second kappa shape index (κ2) is 10.0. The maximum Gasteiger partial charge on any atom is 0.251 e. The number of amides is 1. The highest BCUT2D eigenvalue weighted by Crippen LogP contribution is 2.12. The Kier molecular flexibility index (Phi) is 7.73. The summed E-state index contributed by atoms with van der Waals surface area (Å²) in [4.78, 5) is 30.8. The summed E-state index contributed by atoms with van der Waals surface area (Å²) in [6, 6.07) is 11.8.